The van der Waals surface area contributed by atoms with Gasteiger partial charge in [-0.2, -0.15) is 0 Å². The number of hydrogen-bond donors (Lipinski definition) is 0. The van der Waals surface area contributed by atoms with Crippen molar-refractivity contribution in [3.8, 4) is 5.75 Å². The van der Waals surface area contributed by atoms with E-state index in [1.165, 1.54) is 12.1 Å². The summed E-state index contributed by atoms with van der Waals surface area (Å²) in [5, 5.41) is 1.34. The van der Waals surface area contributed by atoms with E-state index in [-0.39, 0.29) is 6.61 Å². The minimum absolute atomic E-state index is 0.00995. The molecule has 0 fully saturated rings. The van der Waals surface area contributed by atoms with Gasteiger partial charge in [0, 0.05) is 22.0 Å². The lowest BCUT2D eigenvalue weighted by Gasteiger charge is -2.12. The van der Waals surface area contributed by atoms with E-state index >= 15 is 0 Å². The highest BCUT2D eigenvalue weighted by Gasteiger charge is 2.11. The maximum absolute atomic E-state index is 13.1. The lowest BCUT2D eigenvalue weighted by molar-refractivity contribution is 0.303. The van der Waals surface area contributed by atoms with Crippen LogP contribution in [0.25, 0.3) is 0 Å². The molecule has 2 aromatic carbocycles. The van der Waals surface area contributed by atoms with E-state index in [4.69, 9.17) is 27.9 Å². The van der Waals surface area contributed by atoms with Crippen LogP contribution in [0.15, 0.2) is 30.3 Å². The molecule has 20 heavy (non-hydrogen) atoms. The van der Waals surface area contributed by atoms with Gasteiger partial charge in [-0.3, -0.25) is 0 Å². The van der Waals surface area contributed by atoms with Crippen LogP contribution in [0.2, 0.25) is 10.0 Å². The molecule has 2 aromatic rings. The molecule has 6 heteroatoms. The second-order valence-corrected chi connectivity index (χ2v) is 5.48. The normalized spacial score (nSPS) is 10.7. The first-order valence-corrected chi connectivity index (χ1v) is 7.49. The van der Waals surface area contributed by atoms with E-state index in [0.717, 1.165) is 11.6 Å². The van der Waals surface area contributed by atoms with Crippen LogP contribution in [0.1, 0.15) is 11.1 Å². The third-order valence-corrected chi connectivity index (χ3v) is 3.64. The Morgan fingerprint density at radius 3 is 2.25 bits per heavy atom. The summed E-state index contributed by atoms with van der Waals surface area (Å²) in [5.74, 6) is -0.851. The zero-order valence-corrected chi connectivity index (χ0v) is 13.2. The summed E-state index contributed by atoms with van der Waals surface area (Å²) >= 11 is 15.3. The predicted octanol–water partition coefficient (Wildman–Crippen LogP) is 5.75. The number of ether oxygens (including phenoxy) is 1. The highest BCUT2D eigenvalue weighted by atomic mass is 79.9. The van der Waals surface area contributed by atoms with Gasteiger partial charge in [0.1, 0.15) is 24.0 Å². The summed E-state index contributed by atoms with van der Waals surface area (Å²) in [5.41, 5.74) is 1.15. The molecule has 0 amide bonds. The molecule has 0 bridgehead atoms. The van der Waals surface area contributed by atoms with Gasteiger partial charge in [0.25, 0.3) is 0 Å². The molecule has 0 spiro atoms. The van der Waals surface area contributed by atoms with Crippen molar-refractivity contribution < 1.29 is 13.5 Å². The van der Waals surface area contributed by atoms with E-state index in [9.17, 15) is 8.78 Å². The Morgan fingerprint density at radius 1 is 1.00 bits per heavy atom. The Balaban J connectivity index is 2.22. The largest absolute Gasteiger partial charge is 0.487 e. The Kier molecular flexibility index (Phi) is 5.24. The highest BCUT2D eigenvalue weighted by Crippen LogP contribution is 2.34. The first-order chi connectivity index (χ1) is 9.49. The van der Waals surface area contributed by atoms with Crippen LogP contribution in [-0.2, 0) is 11.9 Å². The van der Waals surface area contributed by atoms with Gasteiger partial charge < -0.3 is 4.74 Å². The van der Waals surface area contributed by atoms with Crippen LogP contribution in [0, 0.1) is 11.6 Å². The molecule has 0 saturated heterocycles. The van der Waals surface area contributed by atoms with Crippen LogP contribution in [0.3, 0.4) is 0 Å². The van der Waals surface area contributed by atoms with Crippen molar-refractivity contribution in [2.45, 2.75) is 11.9 Å². The van der Waals surface area contributed by atoms with E-state index in [0.29, 0.717) is 26.7 Å². The van der Waals surface area contributed by atoms with Crippen molar-refractivity contribution >= 4 is 39.1 Å². The van der Waals surface area contributed by atoms with Crippen molar-refractivity contribution in [1.29, 1.82) is 0 Å². The molecule has 0 aliphatic carbocycles. The van der Waals surface area contributed by atoms with Crippen molar-refractivity contribution in [2.75, 3.05) is 0 Å². The van der Waals surface area contributed by atoms with Crippen LogP contribution in [0.4, 0.5) is 8.78 Å². The molecular weight excluding hydrogens is 373 g/mol. The van der Waals surface area contributed by atoms with E-state index in [1.807, 2.05) is 0 Å². The van der Waals surface area contributed by atoms with Crippen molar-refractivity contribution in [3.05, 3.63) is 63.1 Å². The van der Waals surface area contributed by atoms with E-state index in [2.05, 4.69) is 15.9 Å². The van der Waals surface area contributed by atoms with Crippen LogP contribution in [0.5, 0.6) is 5.75 Å². The van der Waals surface area contributed by atoms with E-state index < -0.39 is 11.6 Å². The van der Waals surface area contributed by atoms with Gasteiger partial charge in [0.05, 0.1) is 5.02 Å². The van der Waals surface area contributed by atoms with Gasteiger partial charge in [0.15, 0.2) is 0 Å². The molecule has 0 N–H and O–H groups in total. The molecule has 2 rings (SSSR count). The molecule has 0 atom stereocenters. The van der Waals surface area contributed by atoms with Crippen molar-refractivity contribution in [2.24, 2.45) is 0 Å². The molecule has 106 valence electrons. The summed E-state index contributed by atoms with van der Waals surface area (Å²) in [7, 11) is 0. The van der Waals surface area contributed by atoms with Crippen LogP contribution < -0.4 is 4.74 Å². The summed E-state index contributed by atoms with van der Waals surface area (Å²) in [6.45, 7) is 0.00995. The minimum atomic E-state index is -0.647. The predicted molar refractivity (Wildman–Crippen MR) is 79.8 cm³/mol. The standard InChI is InChI=1S/C14H9BrCl2F2O/c15-6-9-3-10(16)4-13(17)14(9)20-7-8-1-11(18)5-12(19)2-8/h1-5H,6-7H2. The smallest absolute Gasteiger partial charge is 0.142 e. The third-order valence-electron chi connectivity index (χ3n) is 2.53. The molecule has 0 aliphatic heterocycles. The molecular formula is C14H9BrCl2F2O. The quantitative estimate of drug-likeness (QED) is 0.613. The zero-order chi connectivity index (χ0) is 14.7. The number of alkyl halides is 1. The number of benzene rings is 2. The first-order valence-electron chi connectivity index (χ1n) is 5.61. The Labute approximate surface area is 133 Å². The fourth-order valence-corrected chi connectivity index (χ4v) is 2.73. The summed E-state index contributed by atoms with van der Waals surface area (Å²) in [4.78, 5) is 0. The Morgan fingerprint density at radius 2 is 1.65 bits per heavy atom. The Bertz CT molecular complexity index is 615. The first kappa shape index (κ1) is 15.5. The van der Waals surface area contributed by atoms with Gasteiger partial charge in [-0.25, -0.2) is 8.78 Å². The zero-order valence-electron chi connectivity index (χ0n) is 10.1. The number of hydrogen-bond acceptors (Lipinski definition) is 1. The fourth-order valence-electron chi connectivity index (χ4n) is 1.72. The SMILES string of the molecule is Fc1cc(F)cc(COc2c(Cl)cc(Cl)cc2CBr)c1. The average molecular weight is 382 g/mol. The van der Waals surface area contributed by atoms with Gasteiger partial charge in [-0.15, -0.1) is 0 Å². The molecule has 0 aliphatic rings. The molecule has 0 saturated carbocycles. The lowest BCUT2D eigenvalue weighted by Crippen LogP contribution is -2.00. The second kappa shape index (κ2) is 6.74. The molecule has 0 heterocycles. The van der Waals surface area contributed by atoms with Gasteiger partial charge in [-0.1, -0.05) is 39.1 Å². The van der Waals surface area contributed by atoms with Gasteiger partial charge in [0.2, 0.25) is 0 Å². The summed E-state index contributed by atoms with van der Waals surface area (Å²) in [6, 6.07) is 6.49. The lowest BCUT2D eigenvalue weighted by atomic mass is 10.2. The molecule has 0 unspecified atom stereocenters. The van der Waals surface area contributed by atoms with Gasteiger partial charge >= 0.3 is 0 Å². The fraction of sp³-hybridized carbons (Fsp3) is 0.143. The van der Waals surface area contributed by atoms with Crippen LogP contribution in [-0.4, -0.2) is 0 Å². The summed E-state index contributed by atoms with van der Waals surface area (Å²) < 4.78 is 31.7. The maximum Gasteiger partial charge on any atom is 0.142 e. The number of rotatable bonds is 4. The molecule has 0 aromatic heterocycles. The van der Waals surface area contributed by atoms with Gasteiger partial charge in [-0.05, 0) is 29.8 Å². The topological polar surface area (TPSA) is 9.23 Å². The molecule has 0 radical (unpaired) electrons. The monoisotopic (exact) mass is 380 g/mol. The van der Waals surface area contributed by atoms with E-state index in [1.54, 1.807) is 12.1 Å². The average Bonchev–Trinajstić information content (AvgIpc) is 2.35. The van der Waals surface area contributed by atoms with Crippen molar-refractivity contribution in [3.63, 3.8) is 0 Å². The highest BCUT2D eigenvalue weighted by molar-refractivity contribution is 9.08. The minimum Gasteiger partial charge on any atom is -0.487 e. The second-order valence-electron chi connectivity index (χ2n) is 4.08. The molecule has 1 nitrogen and oxygen atoms in total. The van der Waals surface area contributed by atoms with Crippen LogP contribution >= 0.6 is 39.1 Å². The maximum atomic E-state index is 13.1. The summed E-state index contributed by atoms with van der Waals surface area (Å²) in [6.07, 6.45) is 0. The Hall–Kier alpha value is -0.840. The third kappa shape index (κ3) is 3.84. The number of halogens is 5. The van der Waals surface area contributed by atoms with Crippen molar-refractivity contribution in [1.82, 2.24) is 0 Å².